The zero-order valence-corrected chi connectivity index (χ0v) is 14.4. The standard InChI is InChI=1S/C16H13Cl2N5O2/c17-11-2-1-10(9-12(11)18)23-8-6-15(22-23)21-14-5-7-19-13(20-14)3-4-16(24)25/h1-5,7,9H,6,8H2,(H,24,25)(H,19,20,21,22)/b4-3+. The van der Waals surface area contributed by atoms with Crippen LogP contribution >= 0.6 is 23.2 Å². The van der Waals surface area contributed by atoms with Gasteiger partial charge >= 0.3 is 5.97 Å². The summed E-state index contributed by atoms with van der Waals surface area (Å²) in [6.07, 6.45) is 4.52. The van der Waals surface area contributed by atoms with E-state index in [-0.39, 0.29) is 5.82 Å². The van der Waals surface area contributed by atoms with Gasteiger partial charge in [-0.3, -0.25) is 10.4 Å². The van der Waals surface area contributed by atoms with E-state index in [9.17, 15) is 4.79 Å². The number of aliphatic carboxylic acids is 1. The molecular formula is C16H13Cl2N5O2. The van der Waals surface area contributed by atoms with E-state index >= 15 is 0 Å². The zero-order valence-electron chi connectivity index (χ0n) is 12.9. The molecule has 7 nitrogen and oxygen atoms in total. The van der Waals surface area contributed by atoms with Crippen molar-refractivity contribution in [2.45, 2.75) is 6.42 Å². The smallest absolute Gasteiger partial charge is 0.328 e. The highest BCUT2D eigenvalue weighted by molar-refractivity contribution is 6.42. The number of hydrazine groups is 1. The summed E-state index contributed by atoms with van der Waals surface area (Å²) in [5, 5.41) is 11.5. The number of hydrogen-bond acceptors (Lipinski definition) is 5. The topological polar surface area (TPSA) is 90.7 Å². The van der Waals surface area contributed by atoms with Gasteiger partial charge in [0, 0.05) is 31.3 Å². The number of aliphatic imine (C=N–C) groups is 1. The van der Waals surface area contributed by atoms with Crippen LogP contribution in [0.3, 0.4) is 0 Å². The van der Waals surface area contributed by atoms with Gasteiger partial charge in [-0.25, -0.2) is 19.8 Å². The van der Waals surface area contributed by atoms with Crippen LogP contribution in [0.15, 0.2) is 41.5 Å². The van der Waals surface area contributed by atoms with Gasteiger partial charge < -0.3 is 5.11 Å². The predicted octanol–water partition coefficient (Wildman–Crippen LogP) is 3.33. The Hall–Kier alpha value is -2.64. The second-order valence-corrected chi connectivity index (χ2v) is 5.93. The molecule has 0 atom stereocenters. The number of benzene rings is 1. The minimum Gasteiger partial charge on any atom is -0.478 e. The largest absolute Gasteiger partial charge is 0.478 e. The molecule has 0 bridgehead atoms. The van der Waals surface area contributed by atoms with Crippen molar-refractivity contribution in [3.05, 3.63) is 52.4 Å². The lowest BCUT2D eigenvalue weighted by atomic mass is 10.3. The summed E-state index contributed by atoms with van der Waals surface area (Å²) in [7, 11) is 0. The van der Waals surface area contributed by atoms with E-state index in [1.54, 1.807) is 18.2 Å². The van der Waals surface area contributed by atoms with Gasteiger partial charge in [-0.15, -0.1) is 0 Å². The summed E-state index contributed by atoms with van der Waals surface area (Å²) in [6, 6.07) is 7.03. The van der Waals surface area contributed by atoms with Crippen LogP contribution in [-0.2, 0) is 4.79 Å². The molecule has 1 fully saturated rings. The number of amidine groups is 1. The molecule has 1 aromatic heterocycles. The quantitative estimate of drug-likeness (QED) is 0.794. The van der Waals surface area contributed by atoms with E-state index in [1.807, 2.05) is 11.1 Å². The van der Waals surface area contributed by atoms with Gasteiger partial charge in [-0.05, 0) is 24.3 Å². The molecule has 128 valence electrons. The normalized spacial score (nSPS) is 15.8. The third-order valence-corrected chi connectivity index (χ3v) is 4.07. The average molecular weight is 378 g/mol. The molecule has 1 aliphatic rings. The number of carboxylic acids is 1. The Morgan fingerprint density at radius 2 is 2.16 bits per heavy atom. The SMILES string of the molecule is O=C(O)/C=C/c1nccc(N=C2CCN(c3ccc(Cl)c(Cl)c3)N2)n1. The molecule has 1 saturated heterocycles. The Kier molecular flexibility index (Phi) is 5.16. The number of nitrogens with zero attached hydrogens (tertiary/aromatic N) is 4. The van der Waals surface area contributed by atoms with Gasteiger partial charge in [0.1, 0.15) is 5.84 Å². The van der Waals surface area contributed by atoms with E-state index in [0.29, 0.717) is 28.8 Å². The van der Waals surface area contributed by atoms with Gasteiger partial charge in [0.25, 0.3) is 0 Å². The van der Waals surface area contributed by atoms with Crippen LogP contribution in [0.25, 0.3) is 6.08 Å². The summed E-state index contributed by atoms with van der Waals surface area (Å²) in [5.74, 6) is 0.398. The molecular weight excluding hydrogens is 365 g/mol. The number of nitrogens with one attached hydrogen (secondary N) is 1. The summed E-state index contributed by atoms with van der Waals surface area (Å²) in [4.78, 5) is 23.1. The lowest BCUT2D eigenvalue weighted by Crippen LogP contribution is -2.33. The number of halogens is 2. The van der Waals surface area contributed by atoms with Crippen LogP contribution in [0.4, 0.5) is 11.5 Å². The molecule has 25 heavy (non-hydrogen) atoms. The molecule has 2 heterocycles. The minimum atomic E-state index is -1.06. The van der Waals surface area contributed by atoms with E-state index < -0.39 is 5.97 Å². The van der Waals surface area contributed by atoms with Crippen LogP contribution in [0.2, 0.25) is 10.0 Å². The number of rotatable bonds is 4. The molecule has 1 aromatic carbocycles. The molecule has 0 unspecified atom stereocenters. The maximum atomic E-state index is 10.5. The fraction of sp³-hybridized carbons (Fsp3) is 0.125. The third kappa shape index (κ3) is 4.46. The first kappa shape index (κ1) is 17.2. The first-order valence-electron chi connectivity index (χ1n) is 7.32. The predicted molar refractivity (Wildman–Crippen MR) is 97.4 cm³/mol. The highest BCUT2D eigenvalue weighted by Gasteiger charge is 2.18. The summed E-state index contributed by atoms with van der Waals surface area (Å²) >= 11 is 12.0. The van der Waals surface area contributed by atoms with Crippen LogP contribution in [0, 0.1) is 0 Å². The van der Waals surface area contributed by atoms with Crippen molar-refractivity contribution in [3.8, 4) is 0 Å². The first-order chi connectivity index (χ1) is 12.0. The number of aromatic nitrogens is 2. The maximum absolute atomic E-state index is 10.5. The van der Waals surface area contributed by atoms with E-state index in [4.69, 9.17) is 28.3 Å². The fourth-order valence-electron chi connectivity index (χ4n) is 2.20. The molecule has 0 saturated carbocycles. The van der Waals surface area contributed by atoms with Crippen molar-refractivity contribution < 1.29 is 9.90 Å². The van der Waals surface area contributed by atoms with Gasteiger partial charge in [0.15, 0.2) is 11.6 Å². The Bertz CT molecular complexity index is 869. The number of hydrogen-bond donors (Lipinski definition) is 2. The molecule has 0 spiro atoms. The fourth-order valence-corrected chi connectivity index (χ4v) is 2.50. The van der Waals surface area contributed by atoms with Gasteiger partial charge in [-0.1, -0.05) is 23.2 Å². The van der Waals surface area contributed by atoms with Crippen molar-refractivity contribution >= 4 is 52.6 Å². The van der Waals surface area contributed by atoms with Gasteiger partial charge in [-0.2, -0.15) is 0 Å². The highest BCUT2D eigenvalue weighted by atomic mass is 35.5. The van der Waals surface area contributed by atoms with Gasteiger partial charge in [0.05, 0.1) is 15.7 Å². The van der Waals surface area contributed by atoms with E-state index in [1.165, 1.54) is 12.3 Å². The second-order valence-electron chi connectivity index (χ2n) is 5.11. The van der Waals surface area contributed by atoms with Crippen molar-refractivity contribution in [2.24, 2.45) is 4.99 Å². The van der Waals surface area contributed by atoms with Crippen LogP contribution in [0.1, 0.15) is 12.2 Å². The van der Waals surface area contributed by atoms with Crippen molar-refractivity contribution in [3.63, 3.8) is 0 Å². The summed E-state index contributed by atoms with van der Waals surface area (Å²) in [5.41, 5.74) is 4.06. The average Bonchev–Trinajstić information content (AvgIpc) is 3.04. The third-order valence-electron chi connectivity index (χ3n) is 3.34. The van der Waals surface area contributed by atoms with Crippen molar-refractivity contribution in [1.29, 1.82) is 0 Å². The minimum absolute atomic E-state index is 0.281. The lowest BCUT2D eigenvalue weighted by Gasteiger charge is -2.18. The maximum Gasteiger partial charge on any atom is 0.328 e. The summed E-state index contributed by atoms with van der Waals surface area (Å²) in [6.45, 7) is 0.716. The molecule has 2 N–H and O–H groups in total. The number of carboxylic acid groups (broad SMARTS) is 1. The molecule has 1 aliphatic heterocycles. The Labute approximate surface area is 153 Å². The molecule has 0 radical (unpaired) electrons. The van der Waals surface area contributed by atoms with Gasteiger partial charge in [0.2, 0.25) is 0 Å². The molecule has 9 heteroatoms. The Morgan fingerprint density at radius 1 is 1.32 bits per heavy atom. The molecule has 0 amide bonds. The number of carbonyl (C=O) groups is 1. The lowest BCUT2D eigenvalue weighted by molar-refractivity contribution is -0.131. The zero-order chi connectivity index (χ0) is 17.8. The van der Waals surface area contributed by atoms with Crippen molar-refractivity contribution in [1.82, 2.24) is 15.4 Å². The van der Waals surface area contributed by atoms with Crippen LogP contribution in [0.5, 0.6) is 0 Å². The Morgan fingerprint density at radius 3 is 2.92 bits per heavy atom. The van der Waals surface area contributed by atoms with E-state index in [2.05, 4.69) is 20.4 Å². The monoisotopic (exact) mass is 377 g/mol. The Balaban J connectivity index is 1.74. The second kappa shape index (κ2) is 7.50. The number of anilines is 1. The van der Waals surface area contributed by atoms with Crippen LogP contribution < -0.4 is 10.4 Å². The van der Waals surface area contributed by atoms with Crippen LogP contribution in [-0.4, -0.2) is 33.4 Å². The molecule has 0 aliphatic carbocycles. The highest BCUT2D eigenvalue weighted by Crippen LogP contribution is 2.27. The van der Waals surface area contributed by atoms with E-state index in [0.717, 1.165) is 17.6 Å². The first-order valence-corrected chi connectivity index (χ1v) is 8.08. The van der Waals surface area contributed by atoms with Crippen molar-refractivity contribution in [2.75, 3.05) is 11.6 Å². The summed E-state index contributed by atoms with van der Waals surface area (Å²) < 4.78 is 0. The molecule has 3 rings (SSSR count). The molecule has 2 aromatic rings.